The summed E-state index contributed by atoms with van der Waals surface area (Å²) in [4.78, 5) is 23.1. The highest BCUT2D eigenvalue weighted by Gasteiger charge is 2.14. The van der Waals surface area contributed by atoms with Gasteiger partial charge in [0.25, 0.3) is 10.1 Å². The zero-order valence-electron chi connectivity index (χ0n) is 12.0. The number of esters is 1. The van der Waals surface area contributed by atoms with E-state index in [1.165, 1.54) is 32.4 Å². The normalized spacial score (nSPS) is 10.7. The molecule has 0 atom stereocenters. The van der Waals surface area contributed by atoms with E-state index in [0.717, 1.165) is 0 Å². The average molecular weight is 332 g/mol. The van der Waals surface area contributed by atoms with Crippen LogP contribution in [-0.4, -0.2) is 51.5 Å². The number of carbonyl (C=O) groups is 2. The summed E-state index contributed by atoms with van der Waals surface area (Å²) < 4.78 is 39.2. The van der Waals surface area contributed by atoms with Gasteiger partial charge in [0.1, 0.15) is 11.3 Å². The zero-order chi connectivity index (χ0) is 16.8. The van der Waals surface area contributed by atoms with Gasteiger partial charge in [-0.15, -0.1) is 0 Å². The number of hydrogen-bond acceptors (Lipinski definition) is 6. The Kier molecular flexibility index (Phi) is 6.13. The maximum Gasteiger partial charge on any atom is 0.341 e. The summed E-state index contributed by atoms with van der Waals surface area (Å²) in [6.45, 7) is -0.259. The summed E-state index contributed by atoms with van der Waals surface area (Å²) in [5.74, 6) is -0.951. The Balaban J connectivity index is 2.73. The van der Waals surface area contributed by atoms with Crippen molar-refractivity contribution < 1.29 is 32.0 Å². The first kappa shape index (κ1) is 17.7. The standard InChI is InChI=1S/C12H16N2O7S/c1-20-10-4-3-8(7-9(10)11(15)21-2)14-12(16)13-5-6-22(17,18)19/h3-4,7H,5-6H2,1-2H3,(H2,13,14,16)(H,17,18,19). The van der Waals surface area contributed by atoms with E-state index in [4.69, 9.17) is 9.29 Å². The number of methoxy groups -OCH3 is 2. The molecule has 1 aromatic rings. The van der Waals surface area contributed by atoms with E-state index in [2.05, 4.69) is 15.4 Å². The Hall–Kier alpha value is -2.33. The van der Waals surface area contributed by atoms with Crippen LogP contribution in [0.3, 0.4) is 0 Å². The lowest BCUT2D eigenvalue weighted by Crippen LogP contribution is -2.32. The topological polar surface area (TPSA) is 131 Å². The van der Waals surface area contributed by atoms with Gasteiger partial charge in [-0.3, -0.25) is 4.55 Å². The van der Waals surface area contributed by atoms with Crippen molar-refractivity contribution in [3.05, 3.63) is 23.8 Å². The van der Waals surface area contributed by atoms with Crippen LogP contribution in [0.25, 0.3) is 0 Å². The lowest BCUT2D eigenvalue weighted by molar-refractivity contribution is 0.0597. The molecule has 0 bridgehead atoms. The van der Waals surface area contributed by atoms with Gasteiger partial charge in [-0.25, -0.2) is 9.59 Å². The van der Waals surface area contributed by atoms with Crippen LogP contribution in [0.5, 0.6) is 5.75 Å². The molecule has 0 unspecified atom stereocenters. The molecular formula is C12H16N2O7S. The molecule has 0 aromatic heterocycles. The monoisotopic (exact) mass is 332 g/mol. The SMILES string of the molecule is COC(=O)c1cc(NC(=O)NCCS(=O)(=O)O)ccc1OC. The summed E-state index contributed by atoms with van der Waals surface area (Å²) >= 11 is 0. The van der Waals surface area contributed by atoms with Crippen molar-refractivity contribution >= 4 is 27.8 Å². The number of carbonyl (C=O) groups excluding carboxylic acids is 2. The summed E-state index contributed by atoms with van der Waals surface area (Å²) in [7, 11) is -1.55. The smallest absolute Gasteiger partial charge is 0.341 e. The summed E-state index contributed by atoms with van der Waals surface area (Å²) in [6.07, 6.45) is 0. The van der Waals surface area contributed by atoms with Crippen LogP contribution in [-0.2, 0) is 14.9 Å². The Labute approximate surface area is 127 Å². The zero-order valence-corrected chi connectivity index (χ0v) is 12.8. The molecule has 22 heavy (non-hydrogen) atoms. The molecular weight excluding hydrogens is 316 g/mol. The van der Waals surface area contributed by atoms with Crippen LogP contribution in [0.15, 0.2) is 18.2 Å². The van der Waals surface area contributed by atoms with Crippen LogP contribution >= 0.6 is 0 Å². The van der Waals surface area contributed by atoms with E-state index in [1.807, 2.05) is 0 Å². The highest BCUT2D eigenvalue weighted by Crippen LogP contribution is 2.23. The van der Waals surface area contributed by atoms with Crippen molar-refractivity contribution in [1.82, 2.24) is 5.32 Å². The van der Waals surface area contributed by atoms with Gasteiger partial charge in [0.15, 0.2) is 0 Å². The van der Waals surface area contributed by atoms with Gasteiger partial charge in [0.2, 0.25) is 0 Å². The predicted molar refractivity (Wildman–Crippen MR) is 77.8 cm³/mol. The van der Waals surface area contributed by atoms with Crippen LogP contribution in [0.1, 0.15) is 10.4 Å². The largest absolute Gasteiger partial charge is 0.496 e. The van der Waals surface area contributed by atoms with Crippen molar-refractivity contribution in [3.8, 4) is 5.75 Å². The van der Waals surface area contributed by atoms with Crippen molar-refractivity contribution in [2.75, 3.05) is 31.8 Å². The molecule has 2 amide bonds. The molecule has 0 aliphatic heterocycles. The first-order chi connectivity index (χ1) is 10.3. The Bertz CT molecular complexity index is 657. The van der Waals surface area contributed by atoms with E-state index in [-0.39, 0.29) is 23.5 Å². The number of anilines is 1. The summed E-state index contributed by atoms with van der Waals surface area (Å²) in [5, 5.41) is 4.65. The molecule has 0 saturated carbocycles. The van der Waals surface area contributed by atoms with Crippen LogP contribution in [0, 0.1) is 0 Å². The van der Waals surface area contributed by atoms with E-state index in [0.29, 0.717) is 0 Å². The van der Waals surface area contributed by atoms with Crippen molar-refractivity contribution in [2.24, 2.45) is 0 Å². The van der Waals surface area contributed by atoms with Gasteiger partial charge in [-0.05, 0) is 18.2 Å². The second-order valence-corrected chi connectivity index (χ2v) is 5.65. The number of rotatable bonds is 6. The lowest BCUT2D eigenvalue weighted by Gasteiger charge is -2.11. The molecule has 0 spiro atoms. The number of hydrogen-bond donors (Lipinski definition) is 3. The molecule has 122 valence electrons. The van der Waals surface area contributed by atoms with Gasteiger partial charge < -0.3 is 20.1 Å². The second kappa shape index (κ2) is 7.61. The van der Waals surface area contributed by atoms with Crippen LogP contribution in [0.2, 0.25) is 0 Å². The highest BCUT2D eigenvalue weighted by atomic mass is 32.2. The minimum Gasteiger partial charge on any atom is -0.496 e. The second-order valence-electron chi connectivity index (χ2n) is 4.07. The van der Waals surface area contributed by atoms with E-state index < -0.39 is 27.9 Å². The molecule has 0 radical (unpaired) electrons. The first-order valence-electron chi connectivity index (χ1n) is 6.03. The van der Waals surface area contributed by atoms with Gasteiger partial charge in [0.05, 0.1) is 20.0 Å². The third-order valence-electron chi connectivity index (χ3n) is 2.51. The molecule has 0 aliphatic rings. The molecule has 3 N–H and O–H groups in total. The molecule has 0 heterocycles. The van der Waals surface area contributed by atoms with Crippen molar-refractivity contribution in [1.29, 1.82) is 0 Å². The maximum absolute atomic E-state index is 11.6. The molecule has 1 aromatic carbocycles. The number of nitrogens with one attached hydrogen (secondary N) is 2. The third-order valence-corrected chi connectivity index (χ3v) is 3.23. The third kappa shape index (κ3) is 5.58. The summed E-state index contributed by atoms with van der Waals surface area (Å²) in [6, 6.07) is 3.63. The highest BCUT2D eigenvalue weighted by molar-refractivity contribution is 7.85. The number of amides is 2. The van der Waals surface area contributed by atoms with Gasteiger partial charge in [-0.2, -0.15) is 8.42 Å². The van der Waals surface area contributed by atoms with Crippen LogP contribution < -0.4 is 15.4 Å². The number of urea groups is 1. The first-order valence-corrected chi connectivity index (χ1v) is 7.64. The van der Waals surface area contributed by atoms with E-state index >= 15 is 0 Å². The fraction of sp³-hybridized carbons (Fsp3) is 0.333. The van der Waals surface area contributed by atoms with E-state index in [1.54, 1.807) is 0 Å². The maximum atomic E-state index is 11.6. The van der Waals surface area contributed by atoms with Crippen molar-refractivity contribution in [3.63, 3.8) is 0 Å². The van der Waals surface area contributed by atoms with Crippen LogP contribution in [0.4, 0.5) is 10.5 Å². The Morgan fingerprint density at radius 3 is 2.50 bits per heavy atom. The summed E-state index contributed by atoms with van der Waals surface area (Å²) in [5.41, 5.74) is 0.409. The molecule has 0 fully saturated rings. The average Bonchev–Trinajstić information content (AvgIpc) is 2.45. The van der Waals surface area contributed by atoms with Gasteiger partial charge >= 0.3 is 12.0 Å². The Morgan fingerprint density at radius 1 is 1.27 bits per heavy atom. The number of ether oxygens (including phenoxy) is 2. The predicted octanol–water partition coefficient (Wildman–Crippen LogP) is 0.491. The quantitative estimate of drug-likeness (QED) is 0.510. The Morgan fingerprint density at radius 2 is 1.95 bits per heavy atom. The van der Waals surface area contributed by atoms with Crippen molar-refractivity contribution in [2.45, 2.75) is 0 Å². The minimum absolute atomic E-state index is 0.126. The lowest BCUT2D eigenvalue weighted by atomic mass is 10.2. The number of benzene rings is 1. The fourth-order valence-corrected chi connectivity index (χ4v) is 1.88. The molecule has 0 saturated heterocycles. The molecule has 10 heteroatoms. The minimum atomic E-state index is -4.14. The van der Waals surface area contributed by atoms with Gasteiger partial charge in [0, 0.05) is 12.2 Å². The van der Waals surface area contributed by atoms with E-state index in [9.17, 15) is 18.0 Å². The molecule has 0 aliphatic carbocycles. The van der Waals surface area contributed by atoms with Gasteiger partial charge in [-0.1, -0.05) is 0 Å². The fourth-order valence-electron chi connectivity index (χ4n) is 1.52. The molecule has 9 nitrogen and oxygen atoms in total. The molecule has 1 rings (SSSR count).